The van der Waals surface area contributed by atoms with Gasteiger partial charge in [0.25, 0.3) is 0 Å². The van der Waals surface area contributed by atoms with Crippen molar-refractivity contribution in [3.63, 3.8) is 0 Å². The number of nitrogens with one attached hydrogen (secondary N) is 1. The molecule has 1 aromatic carbocycles. The zero-order chi connectivity index (χ0) is 12.1. The van der Waals surface area contributed by atoms with Gasteiger partial charge in [-0.1, -0.05) is 42.5 Å². The minimum absolute atomic E-state index is 0.273. The molecule has 0 bridgehead atoms. The molecule has 5 heteroatoms. The molecule has 0 radical (unpaired) electrons. The van der Waals surface area contributed by atoms with E-state index < -0.39 is 0 Å². The van der Waals surface area contributed by atoms with E-state index in [4.69, 9.17) is 18.0 Å². The molecular formula is C12H12N4S. The monoisotopic (exact) mass is 244 g/mol. The van der Waals surface area contributed by atoms with E-state index in [1.54, 1.807) is 12.3 Å². The van der Waals surface area contributed by atoms with Crippen LogP contribution in [-0.4, -0.2) is 15.0 Å². The molecule has 0 aliphatic carbocycles. The summed E-state index contributed by atoms with van der Waals surface area (Å²) < 4.78 is 0. The number of nitrogens with two attached hydrogens (primary N) is 1. The Hall–Kier alpha value is -2.01. The lowest BCUT2D eigenvalue weighted by molar-refractivity contribution is 1.05. The Morgan fingerprint density at radius 1 is 1.24 bits per heavy atom. The van der Waals surface area contributed by atoms with Gasteiger partial charge in [0, 0.05) is 12.7 Å². The first-order valence-electron chi connectivity index (χ1n) is 5.16. The molecule has 0 unspecified atom stereocenters. The maximum absolute atomic E-state index is 5.50. The van der Waals surface area contributed by atoms with Crippen molar-refractivity contribution < 1.29 is 0 Å². The van der Waals surface area contributed by atoms with Crippen LogP contribution in [0.4, 0.5) is 5.95 Å². The molecule has 0 spiro atoms. The quantitative estimate of drug-likeness (QED) is 0.802. The predicted octanol–water partition coefficient (Wildman–Crippen LogP) is 1.72. The maximum atomic E-state index is 5.50. The molecular weight excluding hydrogens is 232 g/mol. The van der Waals surface area contributed by atoms with Crippen molar-refractivity contribution in [3.05, 3.63) is 53.9 Å². The highest BCUT2D eigenvalue weighted by Gasteiger charge is 2.01. The van der Waals surface area contributed by atoms with Gasteiger partial charge in [0.1, 0.15) is 10.7 Å². The Bertz CT molecular complexity index is 513. The minimum Gasteiger partial charge on any atom is -0.388 e. The normalized spacial score (nSPS) is 9.88. The third kappa shape index (κ3) is 3.22. The molecule has 86 valence electrons. The molecule has 0 aliphatic rings. The number of hydrogen-bond donors (Lipinski definition) is 2. The van der Waals surface area contributed by atoms with Crippen LogP contribution in [-0.2, 0) is 6.54 Å². The molecule has 1 heterocycles. The zero-order valence-corrected chi connectivity index (χ0v) is 9.95. The SMILES string of the molecule is NC(=S)c1ccnc(NCc2ccccc2)n1. The predicted molar refractivity (Wildman–Crippen MR) is 71.7 cm³/mol. The number of rotatable bonds is 4. The van der Waals surface area contributed by atoms with Crippen LogP contribution >= 0.6 is 12.2 Å². The van der Waals surface area contributed by atoms with E-state index in [0.29, 0.717) is 18.2 Å². The van der Waals surface area contributed by atoms with Gasteiger partial charge < -0.3 is 11.1 Å². The number of nitrogens with zero attached hydrogens (tertiary/aromatic N) is 2. The van der Waals surface area contributed by atoms with Crippen LogP contribution < -0.4 is 11.1 Å². The Labute approximate surface area is 105 Å². The largest absolute Gasteiger partial charge is 0.388 e. The third-order valence-corrected chi connectivity index (χ3v) is 2.41. The van der Waals surface area contributed by atoms with Crippen LogP contribution in [0.15, 0.2) is 42.6 Å². The molecule has 17 heavy (non-hydrogen) atoms. The smallest absolute Gasteiger partial charge is 0.223 e. The van der Waals surface area contributed by atoms with Crippen molar-refractivity contribution in [1.82, 2.24) is 9.97 Å². The number of benzene rings is 1. The first-order valence-corrected chi connectivity index (χ1v) is 5.57. The second-order valence-corrected chi connectivity index (χ2v) is 3.91. The van der Waals surface area contributed by atoms with E-state index in [0.717, 1.165) is 5.56 Å². The highest BCUT2D eigenvalue weighted by atomic mass is 32.1. The lowest BCUT2D eigenvalue weighted by atomic mass is 10.2. The lowest BCUT2D eigenvalue weighted by Crippen LogP contribution is -2.13. The van der Waals surface area contributed by atoms with Gasteiger partial charge in [-0.15, -0.1) is 0 Å². The summed E-state index contributed by atoms with van der Waals surface area (Å²) in [5, 5.41) is 3.12. The number of thiocarbonyl (C=S) groups is 1. The van der Waals surface area contributed by atoms with Crippen LogP contribution in [0.5, 0.6) is 0 Å². The van der Waals surface area contributed by atoms with Gasteiger partial charge in [0.05, 0.1) is 0 Å². The van der Waals surface area contributed by atoms with Crippen molar-refractivity contribution in [2.75, 3.05) is 5.32 Å². The zero-order valence-electron chi connectivity index (χ0n) is 9.13. The van der Waals surface area contributed by atoms with Crippen LogP contribution in [0, 0.1) is 0 Å². The van der Waals surface area contributed by atoms with Crippen LogP contribution in [0.1, 0.15) is 11.3 Å². The third-order valence-electron chi connectivity index (χ3n) is 2.20. The van der Waals surface area contributed by atoms with Gasteiger partial charge >= 0.3 is 0 Å². The summed E-state index contributed by atoms with van der Waals surface area (Å²) in [7, 11) is 0. The Kier molecular flexibility index (Phi) is 3.62. The Morgan fingerprint density at radius 2 is 2.00 bits per heavy atom. The highest BCUT2D eigenvalue weighted by Crippen LogP contribution is 2.04. The summed E-state index contributed by atoms with van der Waals surface area (Å²) in [5.41, 5.74) is 7.24. The minimum atomic E-state index is 0.273. The van der Waals surface area contributed by atoms with Gasteiger partial charge in [-0.2, -0.15) is 0 Å². The molecule has 3 N–H and O–H groups in total. The van der Waals surface area contributed by atoms with E-state index in [2.05, 4.69) is 15.3 Å². The molecule has 0 atom stereocenters. The van der Waals surface area contributed by atoms with Crippen molar-refractivity contribution in [2.24, 2.45) is 5.73 Å². The van der Waals surface area contributed by atoms with E-state index in [-0.39, 0.29) is 4.99 Å². The number of hydrogen-bond acceptors (Lipinski definition) is 4. The van der Waals surface area contributed by atoms with Crippen molar-refractivity contribution in [1.29, 1.82) is 0 Å². The summed E-state index contributed by atoms with van der Waals surface area (Å²) in [6, 6.07) is 11.7. The number of aromatic nitrogens is 2. The summed E-state index contributed by atoms with van der Waals surface area (Å²) in [6.07, 6.45) is 1.63. The second-order valence-electron chi connectivity index (χ2n) is 3.47. The highest BCUT2D eigenvalue weighted by molar-refractivity contribution is 7.80. The van der Waals surface area contributed by atoms with Crippen molar-refractivity contribution >= 4 is 23.2 Å². The molecule has 2 rings (SSSR count). The summed E-state index contributed by atoms with van der Waals surface area (Å²) in [4.78, 5) is 8.57. The van der Waals surface area contributed by atoms with Crippen LogP contribution in [0.2, 0.25) is 0 Å². The first kappa shape index (κ1) is 11.5. The van der Waals surface area contributed by atoms with Gasteiger partial charge in [0.15, 0.2) is 0 Å². The first-order chi connectivity index (χ1) is 8.25. The lowest BCUT2D eigenvalue weighted by Gasteiger charge is -2.05. The fourth-order valence-corrected chi connectivity index (χ4v) is 1.47. The Morgan fingerprint density at radius 3 is 2.71 bits per heavy atom. The van der Waals surface area contributed by atoms with Gasteiger partial charge in [0.2, 0.25) is 5.95 Å². The Balaban J connectivity index is 2.04. The fraction of sp³-hybridized carbons (Fsp3) is 0.0833. The topological polar surface area (TPSA) is 63.8 Å². The van der Waals surface area contributed by atoms with Gasteiger partial charge in [-0.25, -0.2) is 9.97 Å². The van der Waals surface area contributed by atoms with Gasteiger partial charge in [-0.05, 0) is 11.6 Å². The maximum Gasteiger partial charge on any atom is 0.223 e. The molecule has 0 saturated heterocycles. The second kappa shape index (κ2) is 5.36. The molecule has 2 aromatic rings. The van der Waals surface area contributed by atoms with Crippen molar-refractivity contribution in [3.8, 4) is 0 Å². The average Bonchev–Trinajstić information content (AvgIpc) is 2.38. The average molecular weight is 244 g/mol. The summed E-state index contributed by atoms with van der Waals surface area (Å²) >= 11 is 4.86. The fourth-order valence-electron chi connectivity index (χ4n) is 1.36. The van der Waals surface area contributed by atoms with E-state index in [1.165, 1.54) is 0 Å². The van der Waals surface area contributed by atoms with Gasteiger partial charge in [-0.3, -0.25) is 0 Å². The molecule has 4 nitrogen and oxygen atoms in total. The molecule has 0 fully saturated rings. The number of anilines is 1. The molecule has 0 aliphatic heterocycles. The van der Waals surface area contributed by atoms with E-state index in [1.807, 2.05) is 30.3 Å². The molecule has 1 aromatic heterocycles. The van der Waals surface area contributed by atoms with Crippen LogP contribution in [0.25, 0.3) is 0 Å². The van der Waals surface area contributed by atoms with E-state index in [9.17, 15) is 0 Å². The summed E-state index contributed by atoms with van der Waals surface area (Å²) in [6.45, 7) is 0.668. The van der Waals surface area contributed by atoms with Crippen LogP contribution in [0.3, 0.4) is 0 Å². The van der Waals surface area contributed by atoms with E-state index >= 15 is 0 Å². The standard InChI is InChI=1S/C12H12N4S/c13-11(17)10-6-7-14-12(16-10)15-8-9-4-2-1-3-5-9/h1-7H,8H2,(H2,13,17)(H,14,15,16). The molecule has 0 amide bonds. The molecule has 0 saturated carbocycles. The van der Waals surface area contributed by atoms with Crippen molar-refractivity contribution in [2.45, 2.75) is 6.54 Å². The summed E-state index contributed by atoms with van der Waals surface area (Å²) in [5.74, 6) is 0.527.